The van der Waals surface area contributed by atoms with Gasteiger partial charge in [-0.05, 0) is 47.2 Å². The minimum absolute atomic E-state index is 0.0106. The second-order valence-electron chi connectivity index (χ2n) is 7.81. The van der Waals surface area contributed by atoms with Crippen LogP contribution in [0.4, 0.5) is 32.0 Å². The summed E-state index contributed by atoms with van der Waals surface area (Å²) >= 11 is 0. The maximum atomic E-state index is 11.8. The van der Waals surface area contributed by atoms with E-state index < -0.39 is 30.3 Å². The quantitative estimate of drug-likeness (QED) is 0.0946. The van der Waals surface area contributed by atoms with Crippen LogP contribution >= 0.6 is 21.6 Å². The highest BCUT2D eigenvalue weighted by Gasteiger charge is 2.38. The van der Waals surface area contributed by atoms with Crippen molar-refractivity contribution in [3.05, 3.63) is 54.2 Å². The molecule has 1 amide bonds. The molecule has 12 nitrogen and oxygen atoms in total. The molecular formula is C25H29F6N3O9S2. The number of carbonyl (C=O) groups is 4. The molecule has 0 aliphatic carbocycles. The van der Waals surface area contributed by atoms with Crippen molar-refractivity contribution in [1.82, 2.24) is 10.3 Å². The number of nitrogens with one attached hydrogen (secondary N) is 2. The van der Waals surface area contributed by atoms with Crippen LogP contribution in [0.5, 0.6) is 0 Å². The molecule has 0 aliphatic heterocycles. The van der Waals surface area contributed by atoms with E-state index in [-0.39, 0.29) is 11.5 Å². The van der Waals surface area contributed by atoms with Crippen molar-refractivity contribution in [1.29, 1.82) is 0 Å². The number of hydrogen-bond acceptors (Lipinski definition) is 10. The maximum absolute atomic E-state index is 11.8. The van der Waals surface area contributed by atoms with Crippen LogP contribution in [-0.4, -0.2) is 102 Å². The lowest BCUT2D eigenvalue weighted by Crippen LogP contribution is -2.27. The van der Waals surface area contributed by atoms with E-state index >= 15 is 0 Å². The van der Waals surface area contributed by atoms with Gasteiger partial charge in [0.15, 0.2) is 0 Å². The lowest BCUT2D eigenvalue weighted by molar-refractivity contribution is -0.193. The number of carbonyl (C=O) groups excluding carboxylic acids is 1. The van der Waals surface area contributed by atoms with Crippen LogP contribution in [0.1, 0.15) is 16.8 Å². The number of halogens is 6. The van der Waals surface area contributed by atoms with Crippen molar-refractivity contribution in [2.24, 2.45) is 0 Å². The molecule has 0 radical (unpaired) electrons. The van der Waals surface area contributed by atoms with E-state index in [1.165, 1.54) is 0 Å². The third kappa shape index (κ3) is 23.3. The molecule has 20 heteroatoms. The van der Waals surface area contributed by atoms with Crippen molar-refractivity contribution in [3.8, 4) is 0 Å². The number of carboxylic acid groups (broad SMARTS) is 3. The minimum atomic E-state index is -5.08. The molecule has 0 atom stereocenters. The van der Waals surface area contributed by atoms with Crippen LogP contribution in [0, 0.1) is 0 Å². The first kappa shape index (κ1) is 41.2. The Balaban J connectivity index is 0.00000114. The highest BCUT2D eigenvalue weighted by Crippen LogP contribution is 2.29. The SMILES string of the molecule is O=C(CCSSc1ccccn1)NCCOCCOCCNc1ccc(C(=O)O)cc1.O=C(O)C(F)(F)F.O=C(O)C(F)(F)F. The zero-order chi connectivity index (χ0) is 34.3. The highest BCUT2D eigenvalue weighted by molar-refractivity contribution is 8.76. The summed E-state index contributed by atoms with van der Waals surface area (Å²) in [4.78, 5) is 44.6. The van der Waals surface area contributed by atoms with Crippen LogP contribution in [0.2, 0.25) is 0 Å². The number of rotatable bonds is 16. The fourth-order valence-corrected chi connectivity index (χ4v) is 4.17. The fourth-order valence-electron chi connectivity index (χ4n) is 2.30. The molecule has 0 saturated heterocycles. The van der Waals surface area contributed by atoms with Crippen LogP contribution in [-0.2, 0) is 23.9 Å². The lowest BCUT2D eigenvalue weighted by atomic mass is 10.2. The average molecular weight is 694 g/mol. The second kappa shape index (κ2) is 22.7. The van der Waals surface area contributed by atoms with E-state index in [2.05, 4.69) is 15.6 Å². The summed E-state index contributed by atoms with van der Waals surface area (Å²) in [6, 6.07) is 12.3. The Bertz CT molecular complexity index is 1140. The van der Waals surface area contributed by atoms with Crippen molar-refractivity contribution in [3.63, 3.8) is 0 Å². The predicted molar refractivity (Wildman–Crippen MR) is 151 cm³/mol. The van der Waals surface area contributed by atoms with Gasteiger partial charge < -0.3 is 35.4 Å². The largest absolute Gasteiger partial charge is 0.490 e. The third-order valence-electron chi connectivity index (χ3n) is 4.33. The summed E-state index contributed by atoms with van der Waals surface area (Å²) in [6.45, 7) is 2.96. The van der Waals surface area contributed by atoms with Gasteiger partial charge in [-0.2, -0.15) is 26.3 Å². The number of aromatic nitrogens is 1. The molecular weight excluding hydrogens is 664 g/mol. The number of alkyl halides is 6. The summed E-state index contributed by atoms with van der Waals surface area (Å²) in [6.07, 6.45) is -7.96. The molecule has 2 aromatic rings. The van der Waals surface area contributed by atoms with E-state index in [1.807, 2.05) is 18.2 Å². The number of nitrogens with zero attached hydrogens (tertiary/aromatic N) is 1. The minimum Gasteiger partial charge on any atom is -0.478 e. The molecule has 0 unspecified atom stereocenters. The van der Waals surface area contributed by atoms with Crippen LogP contribution in [0.25, 0.3) is 0 Å². The lowest BCUT2D eigenvalue weighted by Gasteiger charge is -2.09. The molecule has 0 aliphatic rings. The van der Waals surface area contributed by atoms with Gasteiger partial charge in [0.1, 0.15) is 5.03 Å². The Morgan fingerprint density at radius 1 is 0.778 bits per heavy atom. The summed E-state index contributed by atoms with van der Waals surface area (Å²) in [7, 11) is 3.18. The molecule has 0 bridgehead atoms. The number of amides is 1. The Kier molecular flexibility index (Phi) is 20.8. The molecule has 45 heavy (non-hydrogen) atoms. The first-order valence-electron chi connectivity index (χ1n) is 12.3. The number of hydrogen-bond donors (Lipinski definition) is 5. The number of anilines is 1. The van der Waals surface area contributed by atoms with E-state index in [9.17, 15) is 35.9 Å². The predicted octanol–water partition coefficient (Wildman–Crippen LogP) is 4.44. The molecule has 1 aromatic carbocycles. The molecule has 0 spiro atoms. The highest BCUT2D eigenvalue weighted by atomic mass is 33.1. The van der Waals surface area contributed by atoms with Gasteiger partial charge in [-0.15, -0.1) is 0 Å². The van der Waals surface area contributed by atoms with E-state index in [0.29, 0.717) is 45.9 Å². The molecule has 5 N–H and O–H groups in total. The van der Waals surface area contributed by atoms with Gasteiger partial charge in [0.25, 0.3) is 0 Å². The smallest absolute Gasteiger partial charge is 0.478 e. The number of pyridine rings is 1. The topological polar surface area (TPSA) is 184 Å². The second-order valence-corrected chi connectivity index (χ2v) is 10.2. The molecule has 0 fully saturated rings. The van der Waals surface area contributed by atoms with Crippen molar-refractivity contribution < 1.29 is 70.3 Å². The van der Waals surface area contributed by atoms with Gasteiger partial charge in [0.05, 0.1) is 32.0 Å². The summed E-state index contributed by atoms with van der Waals surface area (Å²) in [5, 5.41) is 30.0. The van der Waals surface area contributed by atoms with Gasteiger partial charge in [0, 0.05) is 37.1 Å². The first-order valence-corrected chi connectivity index (χ1v) is 14.7. The molecule has 1 heterocycles. The summed E-state index contributed by atoms with van der Waals surface area (Å²) < 4.78 is 74.4. The van der Waals surface area contributed by atoms with Crippen molar-refractivity contribution in [2.45, 2.75) is 23.8 Å². The number of benzene rings is 1. The summed E-state index contributed by atoms with van der Waals surface area (Å²) in [5.41, 5.74) is 1.10. The standard InChI is InChI=1S/C21H27N3O5S2.2C2HF3O2/c25-19(8-16-30-31-20-3-1-2-9-24-20)23-11-13-29-15-14-28-12-10-22-18-6-4-17(5-7-18)21(26)27;2*3-2(4,5)1(6)7/h1-7,9,22H,8,10-16H2,(H,23,25)(H,26,27);2*(H,6,7). The monoisotopic (exact) mass is 693 g/mol. The number of aromatic carboxylic acids is 1. The Hall–Kier alpha value is -3.75. The number of aliphatic carboxylic acids is 2. The van der Waals surface area contributed by atoms with Crippen molar-refractivity contribution >= 4 is 51.1 Å². The molecule has 0 saturated carbocycles. The zero-order valence-corrected chi connectivity index (χ0v) is 24.7. The van der Waals surface area contributed by atoms with Gasteiger partial charge >= 0.3 is 30.3 Å². The fraction of sp³-hybridized carbons (Fsp3) is 0.400. The van der Waals surface area contributed by atoms with Gasteiger partial charge in [-0.25, -0.2) is 19.4 Å². The van der Waals surface area contributed by atoms with Crippen LogP contribution in [0.3, 0.4) is 0 Å². The van der Waals surface area contributed by atoms with Gasteiger partial charge in [-0.1, -0.05) is 16.9 Å². The molecule has 1 aromatic heterocycles. The Morgan fingerprint density at radius 3 is 1.78 bits per heavy atom. The number of ether oxygens (including phenoxy) is 2. The number of carboxylic acids is 3. The van der Waals surface area contributed by atoms with E-state index in [4.69, 9.17) is 34.4 Å². The average Bonchev–Trinajstić information content (AvgIpc) is 2.96. The summed E-state index contributed by atoms with van der Waals surface area (Å²) in [5.74, 6) is -5.72. The molecule has 252 valence electrons. The Morgan fingerprint density at radius 2 is 1.31 bits per heavy atom. The first-order chi connectivity index (χ1) is 21.0. The van der Waals surface area contributed by atoms with E-state index in [1.54, 1.807) is 52.1 Å². The normalized spacial score (nSPS) is 10.8. The third-order valence-corrected chi connectivity index (χ3v) is 6.59. The van der Waals surface area contributed by atoms with Crippen LogP contribution in [0.15, 0.2) is 53.7 Å². The van der Waals surface area contributed by atoms with Crippen LogP contribution < -0.4 is 10.6 Å². The van der Waals surface area contributed by atoms with Gasteiger partial charge in [-0.3, -0.25) is 4.79 Å². The Labute approximate surface area is 260 Å². The zero-order valence-electron chi connectivity index (χ0n) is 23.1. The molecule has 2 rings (SSSR count). The van der Waals surface area contributed by atoms with E-state index in [0.717, 1.165) is 16.5 Å². The maximum Gasteiger partial charge on any atom is 0.490 e. The van der Waals surface area contributed by atoms with Gasteiger partial charge in [0.2, 0.25) is 5.91 Å². The van der Waals surface area contributed by atoms with Crippen molar-refractivity contribution in [2.75, 3.05) is 50.6 Å².